The maximum absolute atomic E-state index is 9.59. The lowest BCUT2D eigenvalue weighted by atomic mass is 9.67. The third-order valence-corrected chi connectivity index (χ3v) is 8.56. The molecule has 0 aliphatic heterocycles. The number of imidazole rings is 1. The molecule has 41 heavy (non-hydrogen) atoms. The molecule has 1 aliphatic rings. The lowest BCUT2D eigenvalue weighted by molar-refractivity contribution is 0.612. The first-order valence-corrected chi connectivity index (χ1v) is 13.9. The first kappa shape index (κ1) is 23.5. The van der Waals surface area contributed by atoms with Gasteiger partial charge in [0.2, 0.25) is 0 Å². The van der Waals surface area contributed by atoms with Crippen LogP contribution in [0.25, 0.3) is 38.8 Å². The van der Waals surface area contributed by atoms with E-state index in [0.717, 1.165) is 45.5 Å². The van der Waals surface area contributed by atoms with Gasteiger partial charge in [-0.15, -0.1) is 0 Å². The molecule has 2 heterocycles. The van der Waals surface area contributed by atoms with E-state index in [2.05, 4.69) is 115 Å². The van der Waals surface area contributed by atoms with Crippen LogP contribution in [-0.2, 0) is 11.8 Å². The van der Waals surface area contributed by atoms with Crippen molar-refractivity contribution < 1.29 is 4.42 Å². The summed E-state index contributed by atoms with van der Waals surface area (Å²) in [5, 5.41) is 10.7. The molecule has 1 atom stereocenters. The van der Waals surface area contributed by atoms with Crippen molar-refractivity contribution in [3.8, 4) is 22.9 Å². The molecule has 2 aromatic heterocycles. The molecule has 5 aromatic carbocycles. The van der Waals surface area contributed by atoms with Crippen LogP contribution in [0.1, 0.15) is 40.6 Å². The zero-order chi connectivity index (χ0) is 27.6. The summed E-state index contributed by atoms with van der Waals surface area (Å²) in [6.45, 7) is 2.14. The topological polar surface area (TPSA) is 54.8 Å². The predicted octanol–water partition coefficient (Wildman–Crippen LogP) is 8.57. The number of benzene rings is 5. The van der Waals surface area contributed by atoms with Gasteiger partial charge in [0.05, 0.1) is 40.0 Å². The fourth-order valence-corrected chi connectivity index (χ4v) is 6.90. The van der Waals surface area contributed by atoms with Gasteiger partial charge < -0.3 is 4.42 Å². The molecule has 4 heteroatoms. The molecule has 0 amide bonds. The molecule has 0 spiro atoms. The predicted molar refractivity (Wildman–Crippen MR) is 162 cm³/mol. The van der Waals surface area contributed by atoms with E-state index in [1.807, 2.05) is 18.2 Å². The van der Waals surface area contributed by atoms with E-state index in [9.17, 15) is 5.26 Å². The number of hydrogen-bond donors (Lipinski definition) is 0. The smallest absolute Gasteiger partial charge is 0.158 e. The van der Waals surface area contributed by atoms with Crippen LogP contribution in [0, 0.1) is 11.3 Å². The molecule has 4 nitrogen and oxygen atoms in total. The summed E-state index contributed by atoms with van der Waals surface area (Å²) in [6, 6.07) is 42.5. The monoisotopic (exact) mass is 527 g/mol. The second-order valence-corrected chi connectivity index (χ2v) is 10.5. The minimum atomic E-state index is -0.593. The molecule has 1 unspecified atom stereocenters. The Bertz CT molecular complexity index is 2150. The standard InChI is InChI=1S/C37H25N3O/c1-2-34-39-31-14-8-9-15-32(31)40(34)33-22-30-35(28-20-21-41-36(28)33)27-12-6-7-13-29(27)37(30,25-10-4-3-5-11-25)26-18-16-24(23-38)17-19-26/h3-22H,2H2,1H3. The highest BCUT2D eigenvalue weighted by atomic mass is 16.3. The largest absolute Gasteiger partial charge is 0.462 e. The zero-order valence-electron chi connectivity index (χ0n) is 22.5. The minimum Gasteiger partial charge on any atom is -0.462 e. The molecule has 0 bridgehead atoms. The van der Waals surface area contributed by atoms with Crippen molar-refractivity contribution >= 4 is 22.0 Å². The number of furan rings is 1. The Labute approximate surface area is 237 Å². The Hall–Kier alpha value is -5.40. The maximum Gasteiger partial charge on any atom is 0.158 e. The number of para-hydroxylation sites is 2. The molecule has 0 radical (unpaired) electrons. The van der Waals surface area contributed by atoms with E-state index in [0.29, 0.717) is 5.56 Å². The van der Waals surface area contributed by atoms with E-state index < -0.39 is 5.41 Å². The van der Waals surface area contributed by atoms with Crippen molar-refractivity contribution in [2.45, 2.75) is 18.8 Å². The molecular formula is C37H25N3O. The fraction of sp³-hybridized carbons (Fsp3) is 0.0811. The molecule has 0 fully saturated rings. The van der Waals surface area contributed by atoms with Crippen LogP contribution in [0.5, 0.6) is 0 Å². The van der Waals surface area contributed by atoms with Crippen LogP contribution in [-0.4, -0.2) is 9.55 Å². The van der Waals surface area contributed by atoms with Crippen LogP contribution >= 0.6 is 0 Å². The van der Waals surface area contributed by atoms with Gasteiger partial charge in [0.1, 0.15) is 5.82 Å². The van der Waals surface area contributed by atoms with Crippen LogP contribution < -0.4 is 0 Å². The zero-order valence-corrected chi connectivity index (χ0v) is 22.5. The molecule has 194 valence electrons. The van der Waals surface area contributed by atoms with Crippen molar-refractivity contribution in [2.24, 2.45) is 0 Å². The number of aromatic nitrogens is 2. The van der Waals surface area contributed by atoms with E-state index in [1.54, 1.807) is 6.26 Å². The van der Waals surface area contributed by atoms with Crippen LogP contribution in [0.15, 0.2) is 126 Å². The summed E-state index contributed by atoms with van der Waals surface area (Å²) < 4.78 is 8.55. The van der Waals surface area contributed by atoms with Gasteiger partial charge in [-0.25, -0.2) is 4.98 Å². The molecule has 8 rings (SSSR count). The van der Waals surface area contributed by atoms with Crippen LogP contribution in [0.3, 0.4) is 0 Å². The lowest BCUT2D eigenvalue weighted by Gasteiger charge is -2.34. The van der Waals surface area contributed by atoms with Crippen molar-refractivity contribution in [1.82, 2.24) is 9.55 Å². The highest BCUT2D eigenvalue weighted by Gasteiger charge is 2.47. The van der Waals surface area contributed by atoms with Crippen molar-refractivity contribution in [3.05, 3.63) is 155 Å². The van der Waals surface area contributed by atoms with Crippen LogP contribution in [0.2, 0.25) is 0 Å². The third kappa shape index (κ3) is 3.12. The quantitative estimate of drug-likeness (QED) is 0.230. The average molecular weight is 528 g/mol. The van der Waals surface area contributed by atoms with Gasteiger partial charge in [-0.1, -0.05) is 85.8 Å². The van der Waals surface area contributed by atoms with Crippen molar-refractivity contribution in [1.29, 1.82) is 5.26 Å². The number of fused-ring (bicyclic) bond motifs is 6. The third-order valence-electron chi connectivity index (χ3n) is 8.56. The van der Waals surface area contributed by atoms with Gasteiger partial charge in [0.25, 0.3) is 0 Å². The Morgan fingerprint density at radius 1 is 0.805 bits per heavy atom. The molecule has 1 aliphatic carbocycles. The van der Waals surface area contributed by atoms with E-state index in [-0.39, 0.29) is 0 Å². The molecule has 0 saturated heterocycles. The number of aryl methyl sites for hydroxylation is 1. The first-order chi connectivity index (χ1) is 20.3. The summed E-state index contributed by atoms with van der Waals surface area (Å²) in [5.74, 6) is 0.989. The summed E-state index contributed by atoms with van der Waals surface area (Å²) >= 11 is 0. The Balaban J connectivity index is 1.57. The number of rotatable bonds is 4. The van der Waals surface area contributed by atoms with Crippen molar-refractivity contribution in [2.75, 3.05) is 0 Å². The normalized spacial score (nSPS) is 15.6. The Morgan fingerprint density at radius 2 is 1.54 bits per heavy atom. The molecule has 7 aromatic rings. The lowest BCUT2D eigenvalue weighted by Crippen LogP contribution is -2.28. The second-order valence-electron chi connectivity index (χ2n) is 10.5. The van der Waals surface area contributed by atoms with Gasteiger partial charge >= 0.3 is 0 Å². The van der Waals surface area contributed by atoms with Gasteiger partial charge in [-0.3, -0.25) is 4.57 Å². The highest BCUT2D eigenvalue weighted by molar-refractivity contribution is 6.06. The number of nitriles is 1. The summed E-state index contributed by atoms with van der Waals surface area (Å²) in [7, 11) is 0. The van der Waals surface area contributed by atoms with Gasteiger partial charge in [0.15, 0.2) is 5.58 Å². The van der Waals surface area contributed by atoms with E-state index >= 15 is 0 Å². The highest BCUT2D eigenvalue weighted by Crippen LogP contribution is 2.58. The SMILES string of the molecule is CCc1nc2ccccc2n1-c1cc2c(c3ccoc13)-c1ccccc1C2(c1ccccc1)c1ccc(C#N)cc1. The van der Waals surface area contributed by atoms with Gasteiger partial charge in [0, 0.05) is 11.8 Å². The molecular weight excluding hydrogens is 502 g/mol. The first-order valence-electron chi connectivity index (χ1n) is 13.9. The minimum absolute atomic E-state index is 0.593. The van der Waals surface area contributed by atoms with Crippen molar-refractivity contribution in [3.63, 3.8) is 0 Å². The van der Waals surface area contributed by atoms with Gasteiger partial charge in [-0.2, -0.15) is 5.26 Å². The average Bonchev–Trinajstić information content (AvgIpc) is 3.74. The number of hydrogen-bond acceptors (Lipinski definition) is 3. The molecule has 0 saturated carbocycles. The van der Waals surface area contributed by atoms with Crippen LogP contribution in [0.4, 0.5) is 0 Å². The molecule has 0 N–H and O–H groups in total. The summed E-state index contributed by atoms with van der Waals surface area (Å²) in [5.41, 5.74) is 11.0. The van der Waals surface area contributed by atoms with Gasteiger partial charge in [-0.05, 0) is 69.8 Å². The second kappa shape index (κ2) is 8.81. The summed E-state index contributed by atoms with van der Waals surface area (Å²) in [4.78, 5) is 4.99. The fourth-order valence-electron chi connectivity index (χ4n) is 6.90. The van der Waals surface area contributed by atoms with E-state index in [1.165, 1.54) is 27.8 Å². The Morgan fingerprint density at radius 3 is 2.34 bits per heavy atom. The summed E-state index contributed by atoms with van der Waals surface area (Å²) in [6.07, 6.45) is 2.58. The maximum atomic E-state index is 9.59. The van der Waals surface area contributed by atoms with E-state index in [4.69, 9.17) is 9.40 Å². The Kier molecular flexibility index (Phi) is 5.04. The number of nitrogens with zero attached hydrogens (tertiary/aromatic N) is 3.